The van der Waals surface area contributed by atoms with E-state index in [9.17, 15) is 4.79 Å². The summed E-state index contributed by atoms with van der Waals surface area (Å²) in [6, 6.07) is 3.89. The smallest absolute Gasteiger partial charge is 0.264 e. The molecule has 4 rings (SSSR count). The number of carbonyl (C=O) groups is 1. The minimum absolute atomic E-state index is 0.0922. The average Bonchev–Trinajstić information content (AvgIpc) is 3.33. The second kappa shape index (κ2) is 7.09. The highest BCUT2D eigenvalue weighted by atomic mass is 32.1. The lowest BCUT2D eigenvalue weighted by Gasteiger charge is -2.32. The Morgan fingerprint density at radius 2 is 2.12 bits per heavy atom. The van der Waals surface area contributed by atoms with Crippen LogP contribution in [0.2, 0.25) is 0 Å². The summed E-state index contributed by atoms with van der Waals surface area (Å²) in [7, 11) is 0. The number of thiophene rings is 1. The highest BCUT2D eigenvalue weighted by Gasteiger charge is 2.29. The van der Waals surface area contributed by atoms with Crippen molar-refractivity contribution in [2.24, 2.45) is 0 Å². The minimum Gasteiger partial charge on any atom is -0.368 e. The maximum Gasteiger partial charge on any atom is 0.264 e. The van der Waals surface area contributed by atoms with Crippen LogP contribution in [0.15, 0.2) is 23.7 Å². The zero-order valence-electron chi connectivity index (χ0n) is 14.4. The van der Waals surface area contributed by atoms with E-state index in [-0.39, 0.29) is 12.0 Å². The fourth-order valence-corrected chi connectivity index (χ4v) is 4.25. The van der Waals surface area contributed by atoms with E-state index < -0.39 is 0 Å². The normalized spacial score (nSPS) is 20.9. The SMILES string of the molecule is Cc1ccsc1C(=O)N1CCO[C@@H](c2ccnc(N3CCCC3)n2)C1. The van der Waals surface area contributed by atoms with Crippen LogP contribution < -0.4 is 4.90 Å². The number of aryl methyl sites for hydroxylation is 1. The number of hydrogen-bond donors (Lipinski definition) is 0. The zero-order chi connectivity index (χ0) is 17.2. The minimum atomic E-state index is -0.192. The number of carbonyl (C=O) groups excluding carboxylic acids is 1. The first-order chi connectivity index (χ1) is 12.2. The number of amides is 1. The Morgan fingerprint density at radius 1 is 1.28 bits per heavy atom. The Hall–Kier alpha value is -1.99. The highest BCUT2D eigenvalue weighted by molar-refractivity contribution is 7.12. The van der Waals surface area contributed by atoms with Gasteiger partial charge in [0, 0.05) is 25.8 Å². The third-order valence-electron chi connectivity index (χ3n) is 4.79. The van der Waals surface area contributed by atoms with E-state index in [2.05, 4.69) is 9.88 Å². The van der Waals surface area contributed by atoms with Crippen molar-refractivity contribution < 1.29 is 9.53 Å². The van der Waals surface area contributed by atoms with E-state index >= 15 is 0 Å². The maximum absolute atomic E-state index is 12.8. The van der Waals surface area contributed by atoms with E-state index in [1.165, 1.54) is 24.2 Å². The van der Waals surface area contributed by atoms with Gasteiger partial charge in [0.2, 0.25) is 5.95 Å². The van der Waals surface area contributed by atoms with Gasteiger partial charge in [0.05, 0.1) is 23.7 Å². The monoisotopic (exact) mass is 358 g/mol. The van der Waals surface area contributed by atoms with Crippen molar-refractivity contribution in [2.75, 3.05) is 37.7 Å². The molecule has 1 atom stereocenters. The number of rotatable bonds is 3. The summed E-state index contributed by atoms with van der Waals surface area (Å²) in [4.78, 5) is 26.8. The second-order valence-electron chi connectivity index (χ2n) is 6.52. The Bertz CT molecular complexity index is 757. The van der Waals surface area contributed by atoms with E-state index in [0.717, 1.165) is 35.2 Å². The second-order valence-corrected chi connectivity index (χ2v) is 7.44. The number of morpholine rings is 1. The standard InChI is InChI=1S/C18H22N4O2S/c1-13-5-11-25-16(13)17(23)22-9-10-24-15(12-22)14-4-6-19-18(20-14)21-7-2-3-8-21/h4-6,11,15H,2-3,7-10,12H2,1H3/t15-/m1/s1. The fraction of sp³-hybridized carbons (Fsp3) is 0.500. The molecule has 6 nitrogen and oxygen atoms in total. The Labute approximate surface area is 151 Å². The summed E-state index contributed by atoms with van der Waals surface area (Å²) in [6.45, 7) is 5.69. The Kier molecular flexibility index (Phi) is 4.67. The molecule has 2 aliphatic rings. The highest BCUT2D eigenvalue weighted by Crippen LogP contribution is 2.26. The van der Waals surface area contributed by atoms with Gasteiger partial charge in [-0.05, 0) is 42.8 Å². The van der Waals surface area contributed by atoms with Gasteiger partial charge in [0.1, 0.15) is 6.10 Å². The molecule has 0 saturated carbocycles. The van der Waals surface area contributed by atoms with Crippen LogP contribution in [0.25, 0.3) is 0 Å². The number of nitrogens with zero attached hydrogens (tertiary/aromatic N) is 4. The molecule has 2 aromatic heterocycles. The van der Waals surface area contributed by atoms with Crippen molar-refractivity contribution in [3.05, 3.63) is 39.8 Å². The third kappa shape index (κ3) is 3.39. The molecule has 7 heteroatoms. The molecule has 2 fully saturated rings. The first-order valence-corrected chi connectivity index (χ1v) is 9.63. The molecule has 25 heavy (non-hydrogen) atoms. The van der Waals surface area contributed by atoms with E-state index in [4.69, 9.17) is 9.72 Å². The zero-order valence-corrected chi connectivity index (χ0v) is 15.2. The summed E-state index contributed by atoms with van der Waals surface area (Å²) in [5, 5.41) is 1.97. The number of anilines is 1. The summed E-state index contributed by atoms with van der Waals surface area (Å²) in [5.41, 5.74) is 1.90. The molecule has 1 amide bonds. The molecule has 0 aromatic carbocycles. The molecule has 2 aliphatic heterocycles. The van der Waals surface area contributed by atoms with Crippen LogP contribution in [0.5, 0.6) is 0 Å². The van der Waals surface area contributed by atoms with E-state index in [1.54, 1.807) is 6.20 Å². The molecular formula is C18H22N4O2S. The van der Waals surface area contributed by atoms with Crippen LogP contribution in [0.3, 0.4) is 0 Å². The van der Waals surface area contributed by atoms with Gasteiger partial charge in [-0.15, -0.1) is 11.3 Å². The van der Waals surface area contributed by atoms with Crippen molar-refractivity contribution in [1.29, 1.82) is 0 Å². The molecule has 2 aromatic rings. The summed E-state index contributed by atoms with van der Waals surface area (Å²) >= 11 is 1.50. The molecular weight excluding hydrogens is 336 g/mol. The first kappa shape index (κ1) is 16.5. The van der Waals surface area contributed by atoms with Crippen LogP contribution in [0.4, 0.5) is 5.95 Å². The summed E-state index contributed by atoms with van der Waals surface area (Å²) in [5.74, 6) is 0.866. The van der Waals surface area contributed by atoms with Gasteiger partial charge in [-0.3, -0.25) is 4.79 Å². The first-order valence-electron chi connectivity index (χ1n) is 8.75. The molecule has 0 spiro atoms. The van der Waals surface area contributed by atoms with Crippen molar-refractivity contribution in [2.45, 2.75) is 25.9 Å². The van der Waals surface area contributed by atoms with Crippen LogP contribution in [-0.2, 0) is 4.74 Å². The van der Waals surface area contributed by atoms with Crippen molar-refractivity contribution in [1.82, 2.24) is 14.9 Å². The lowest BCUT2D eigenvalue weighted by molar-refractivity contribution is -0.0246. The van der Waals surface area contributed by atoms with Gasteiger partial charge in [0.15, 0.2) is 0 Å². The van der Waals surface area contributed by atoms with Crippen molar-refractivity contribution >= 4 is 23.2 Å². The molecule has 4 heterocycles. The predicted molar refractivity (Wildman–Crippen MR) is 97.1 cm³/mol. The molecule has 2 saturated heterocycles. The number of aromatic nitrogens is 2. The predicted octanol–water partition coefficient (Wildman–Crippen LogP) is 2.66. The molecule has 0 N–H and O–H groups in total. The Morgan fingerprint density at radius 3 is 2.88 bits per heavy atom. The quantitative estimate of drug-likeness (QED) is 0.844. The molecule has 132 valence electrons. The van der Waals surface area contributed by atoms with Gasteiger partial charge < -0.3 is 14.5 Å². The molecule has 0 unspecified atom stereocenters. The molecule has 0 radical (unpaired) electrons. The largest absolute Gasteiger partial charge is 0.368 e. The van der Waals surface area contributed by atoms with Gasteiger partial charge in [-0.1, -0.05) is 0 Å². The summed E-state index contributed by atoms with van der Waals surface area (Å²) in [6.07, 6.45) is 3.98. The van der Waals surface area contributed by atoms with E-state index in [0.29, 0.717) is 19.7 Å². The average molecular weight is 358 g/mol. The van der Waals surface area contributed by atoms with Crippen LogP contribution >= 0.6 is 11.3 Å². The fourth-order valence-electron chi connectivity index (χ4n) is 3.36. The Balaban J connectivity index is 1.50. The van der Waals surface area contributed by atoms with Crippen LogP contribution in [0.1, 0.15) is 39.9 Å². The van der Waals surface area contributed by atoms with Gasteiger partial charge in [-0.2, -0.15) is 0 Å². The van der Waals surface area contributed by atoms with Crippen molar-refractivity contribution in [3.63, 3.8) is 0 Å². The van der Waals surface area contributed by atoms with Crippen LogP contribution in [0, 0.1) is 6.92 Å². The van der Waals surface area contributed by atoms with Gasteiger partial charge >= 0.3 is 0 Å². The molecule has 0 aliphatic carbocycles. The van der Waals surface area contributed by atoms with Gasteiger partial charge in [-0.25, -0.2) is 9.97 Å². The van der Waals surface area contributed by atoms with Crippen molar-refractivity contribution in [3.8, 4) is 0 Å². The molecule has 0 bridgehead atoms. The maximum atomic E-state index is 12.8. The summed E-state index contributed by atoms with van der Waals surface area (Å²) < 4.78 is 5.91. The van der Waals surface area contributed by atoms with Crippen LogP contribution in [-0.4, -0.2) is 53.6 Å². The topological polar surface area (TPSA) is 58.6 Å². The number of hydrogen-bond acceptors (Lipinski definition) is 6. The number of ether oxygens (including phenoxy) is 1. The van der Waals surface area contributed by atoms with E-state index in [1.807, 2.05) is 29.3 Å². The lowest BCUT2D eigenvalue weighted by Crippen LogP contribution is -2.42. The lowest BCUT2D eigenvalue weighted by atomic mass is 10.2. The van der Waals surface area contributed by atoms with Gasteiger partial charge in [0.25, 0.3) is 5.91 Å². The third-order valence-corrected chi connectivity index (χ3v) is 5.80.